The van der Waals surface area contributed by atoms with Crippen LogP contribution in [0.1, 0.15) is 0 Å². The zero-order chi connectivity index (χ0) is 14.1. The molecule has 4 nitrogen and oxygen atoms in total. The highest BCUT2D eigenvalue weighted by Gasteiger charge is 2.19. The first-order valence-corrected chi connectivity index (χ1v) is 5.78. The number of nitrogens with two attached hydrogens (primary N) is 1. The number of rotatable bonds is 2. The lowest BCUT2D eigenvalue weighted by molar-refractivity contribution is 0.439. The fraction of sp³-hybridized carbons (Fsp3) is 0. The Morgan fingerprint density at radius 2 is 1.80 bits per heavy atom. The summed E-state index contributed by atoms with van der Waals surface area (Å²) in [7, 11) is 0. The lowest BCUT2D eigenvalue weighted by atomic mass is 10.0. The van der Waals surface area contributed by atoms with E-state index >= 15 is 0 Å². The highest BCUT2D eigenvalue weighted by atomic mass is 19.1. The van der Waals surface area contributed by atoms with Gasteiger partial charge in [-0.2, -0.15) is 0 Å². The topological polar surface area (TPSA) is 64.9 Å². The maximum absolute atomic E-state index is 13.3. The van der Waals surface area contributed by atoms with Gasteiger partial charge in [-0.25, -0.2) is 8.78 Å². The van der Waals surface area contributed by atoms with Crippen molar-refractivity contribution in [2.45, 2.75) is 0 Å². The first-order chi connectivity index (χ1) is 9.65. The minimum atomic E-state index is -0.700. The van der Waals surface area contributed by atoms with Crippen LogP contribution >= 0.6 is 0 Å². The number of pyridine rings is 1. The van der Waals surface area contributed by atoms with E-state index in [0.717, 1.165) is 18.2 Å². The van der Waals surface area contributed by atoms with Gasteiger partial charge >= 0.3 is 0 Å². The lowest BCUT2D eigenvalue weighted by Gasteiger charge is -2.02. The second kappa shape index (κ2) is 4.73. The van der Waals surface area contributed by atoms with Crippen LogP contribution in [0.2, 0.25) is 0 Å². The van der Waals surface area contributed by atoms with Crippen molar-refractivity contribution in [3.63, 3.8) is 0 Å². The van der Waals surface area contributed by atoms with Crippen molar-refractivity contribution in [1.82, 2.24) is 10.1 Å². The second-order valence-corrected chi connectivity index (χ2v) is 4.14. The molecule has 0 fully saturated rings. The molecule has 0 amide bonds. The van der Waals surface area contributed by atoms with Crippen molar-refractivity contribution in [3.05, 3.63) is 54.2 Å². The normalized spacial score (nSPS) is 10.7. The molecule has 0 atom stereocenters. The molecular weight excluding hydrogens is 264 g/mol. The Hall–Kier alpha value is -2.76. The number of aromatic nitrogens is 2. The molecule has 0 unspecified atom stereocenters. The molecule has 2 aromatic heterocycles. The van der Waals surface area contributed by atoms with E-state index in [4.69, 9.17) is 10.3 Å². The fourth-order valence-corrected chi connectivity index (χ4v) is 1.95. The molecular formula is C14H9F2N3O. The number of benzene rings is 1. The van der Waals surface area contributed by atoms with Gasteiger partial charge in [0.1, 0.15) is 17.3 Å². The van der Waals surface area contributed by atoms with E-state index in [-0.39, 0.29) is 17.1 Å². The maximum atomic E-state index is 13.3. The third kappa shape index (κ3) is 2.11. The molecule has 3 rings (SSSR count). The van der Waals surface area contributed by atoms with E-state index in [1.54, 1.807) is 24.4 Å². The van der Waals surface area contributed by atoms with Crippen molar-refractivity contribution < 1.29 is 13.3 Å². The minimum Gasteiger partial charge on any atom is -0.367 e. The Labute approximate surface area is 112 Å². The molecule has 20 heavy (non-hydrogen) atoms. The van der Waals surface area contributed by atoms with Gasteiger partial charge in [0.05, 0.1) is 11.3 Å². The second-order valence-electron chi connectivity index (χ2n) is 4.14. The third-order valence-corrected chi connectivity index (χ3v) is 2.78. The van der Waals surface area contributed by atoms with Gasteiger partial charge in [0.25, 0.3) is 0 Å². The van der Waals surface area contributed by atoms with Crippen LogP contribution in [-0.2, 0) is 0 Å². The van der Waals surface area contributed by atoms with Crippen LogP contribution < -0.4 is 5.73 Å². The number of anilines is 1. The van der Waals surface area contributed by atoms with E-state index in [0.29, 0.717) is 11.3 Å². The standard InChI is InChI=1S/C14H9F2N3O/c15-9-5-8(6-10(16)7-9)13-12(14(17)20-19-13)11-3-1-2-4-18-11/h1-7H,17H2. The van der Waals surface area contributed by atoms with Crippen LogP contribution in [0, 0.1) is 11.6 Å². The molecule has 2 heterocycles. The van der Waals surface area contributed by atoms with Crippen LogP contribution in [0.3, 0.4) is 0 Å². The predicted octanol–water partition coefficient (Wildman–Crippen LogP) is 3.26. The zero-order valence-corrected chi connectivity index (χ0v) is 10.2. The minimum absolute atomic E-state index is 0.0448. The number of nitrogen functional groups attached to an aromatic ring is 1. The molecule has 1 aromatic carbocycles. The van der Waals surface area contributed by atoms with E-state index < -0.39 is 11.6 Å². The van der Waals surface area contributed by atoms with Crippen molar-refractivity contribution in [2.24, 2.45) is 0 Å². The van der Waals surface area contributed by atoms with Gasteiger partial charge < -0.3 is 10.3 Å². The van der Waals surface area contributed by atoms with Crippen LogP contribution in [0.4, 0.5) is 14.7 Å². The van der Waals surface area contributed by atoms with Crippen molar-refractivity contribution in [3.8, 4) is 22.5 Å². The van der Waals surface area contributed by atoms with Gasteiger partial charge in [0.2, 0.25) is 5.88 Å². The molecule has 0 saturated heterocycles. The Balaban J connectivity index is 2.21. The monoisotopic (exact) mass is 273 g/mol. The lowest BCUT2D eigenvalue weighted by Crippen LogP contribution is -1.91. The van der Waals surface area contributed by atoms with Crippen molar-refractivity contribution >= 4 is 5.88 Å². The van der Waals surface area contributed by atoms with Gasteiger partial charge in [-0.3, -0.25) is 4.98 Å². The van der Waals surface area contributed by atoms with E-state index in [1.165, 1.54) is 0 Å². The van der Waals surface area contributed by atoms with E-state index in [1.807, 2.05) is 0 Å². The number of hydrogen-bond acceptors (Lipinski definition) is 4. The summed E-state index contributed by atoms with van der Waals surface area (Å²) in [6.07, 6.45) is 1.58. The highest BCUT2D eigenvalue weighted by Crippen LogP contribution is 2.35. The summed E-state index contributed by atoms with van der Waals surface area (Å²) in [5, 5.41) is 3.77. The van der Waals surface area contributed by atoms with Gasteiger partial charge in [-0.1, -0.05) is 11.2 Å². The summed E-state index contributed by atoms with van der Waals surface area (Å²) in [5.74, 6) is -1.36. The van der Waals surface area contributed by atoms with E-state index in [2.05, 4.69) is 10.1 Å². The molecule has 100 valence electrons. The summed E-state index contributed by atoms with van der Waals surface area (Å²) in [4.78, 5) is 4.15. The SMILES string of the molecule is Nc1onc(-c2cc(F)cc(F)c2)c1-c1ccccn1. The zero-order valence-electron chi connectivity index (χ0n) is 10.2. The molecule has 0 bridgehead atoms. The van der Waals surface area contributed by atoms with Gasteiger partial charge in [0.15, 0.2) is 0 Å². The van der Waals surface area contributed by atoms with Gasteiger partial charge in [0, 0.05) is 17.8 Å². The van der Waals surface area contributed by atoms with Crippen molar-refractivity contribution in [1.29, 1.82) is 0 Å². The summed E-state index contributed by atoms with van der Waals surface area (Å²) in [5.41, 5.74) is 7.15. The maximum Gasteiger partial charge on any atom is 0.232 e. The fourth-order valence-electron chi connectivity index (χ4n) is 1.95. The van der Waals surface area contributed by atoms with Gasteiger partial charge in [-0.15, -0.1) is 0 Å². The largest absolute Gasteiger partial charge is 0.367 e. The number of nitrogens with zero attached hydrogens (tertiary/aromatic N) is 2. The molecule has 3 aromatic rings. The molecule has 6 heteroatoms. The smallest absolute Gasteiger partial charge is 0.232 e. The van der Waals surface area contributed by atoms with Crippen LogP contribution in [-0.4, -0.2) is 10.1 Å². The summed E-state index contributed by atoms with van der Waals surface area (Å²) in [6.45, 7) is 0. The molecule has 0 aliphatic rings. The van der Waals surface area contributed by atoms with Gasteiger partial charge in [-0.05, 0) is 24.3 Å². The summed E-state index contributed by atoms with van der Waals surface area (Å²) < 4.78 is 31.5. The van der Waals surface area contributed by atoms with E-state index in [9.17, 15) is 8.78 Å². The Morgan fingerprint density at radius 3 is 2.45 bits per heavy atom. The molecule has 0 saturated carbocycles. The molecule has 0 aliphatic heterocycles. The van der Waals surface area contributed by atoms with Crippen LogP contribution in [0.5, 0.6) is 0 Å². The Kier molecular flexibility index (Phi) is 2.90. The average molecular weight is 273 g/mol. The Morgan fingerprint density at radius 1 is 1.05 bits per heavy atom. The summed E-state index contributed by atoms with van der Waals surface area (Å²) >= 11 is 0. The quantitative estimate of drug-likeness (QED) is 0.778. The van der Waals surface area contributed by atoms with Crippen LogP contribution in [0.15, 0.2) is 47.1 Å². The molecule has 0 radical (unpaired) electrons. The first-order valence-electron chi connectivity index (χ1n) is 5.78. The first kappa shape index (κ1) is 12.3. The summed E-state index contributed by atoms with van der Waals surface area (Å²) in [6, 6.07) is 8.33. The number of halogens is 2. The molecule has 0 spiro atoms. The molecule has 0 aliphatic carbocycles. The molecule has 2 N–H and O–H groups in total. The average Bonchev–Trinajstić information content (AvgIpc) is 2.80. The van der Waals surface area contributed by atoms with Crippen LogP contribution in [0.25, 0.3) is 22.5 Å². The highest BCUT2D eigenvalue weighted by molar-refractivity contribution is 5.85. The Bertz CT molecular complexity index is 736. The number of hydrogen-bond donors (Lipinski definition) is 1. The third-order valence-electron chi connectivity index (χ3n) is 2.78. The predicted molar refractivity (Wildman–Crippen MR) is 69.5 cm³/mol. The van der Waals surface area contributed by atoms with Crippen molar-refractivity contribution in [2.75, 3.05) is 5.73 Å².